The van der Waals surface area contributed by atoms with E-state index in [1.165, 1.54) is 16.0 Å². The van der Waals surface area contributed by atoms with Crippen LogP contribution in [0.15, 0.2) is 30.3 Å². The van der Waals surface area contributed by atoms with E-state index in [9.17, 15) is 9.90 Å². The molecule has 0 saturated carbocycles. The van der Waals surface area contributed by atoms with Gasteiger partial charge in [0.2, 0.25) is 0 Å². The quantitative estimate of drug-likeness (QED) is 0.659. The molecular formula is C21H29NO2S. The highest BCUT2D eigenvalue weighted by atomic mass is 32.1. The van der Waals surface area contributed by atoms with E-state index in [2.05, 4.69) is 31.2 Å². The zero-order valence-electron chi connectivity index (χ0n) is 15.5. The molecule has 3 nitrogen and oxygen atoms in total. The summed E-state index contributed by atoms with van der Waals surface area (Å²) in [5.74, 6) is 0.226. The lowest BCUT2D eigenvalue weighted by atomic mass is 9.97. The lowest BCUT2D eigenvalue weighted by Crippen LogP contribution is -2.40. The number of aliphatic hydroxyl groups excluding tert-OH is 1. The molecule has 1 aromatic heterocycles. The van der Waals surface area contributed by atoms with Gasteiger partial charge in [0.1, 0.15) is 0 Å². The van der Waals surface area contributed by atoms with Crippen LogP contribution in [0.3, 0.4) is 0 Å². The molecule has 2 rings (SSSR count). The number of aliphatic hydroxyl groups is 1. The number of hydrogen-bond acceptors (Lipinski definition) is 4. The molecule has 0 aliphatic heterocycles. The van der Waals surface area contributed by atoms with Gasteiger partial charge in [-0.2, -0.15) is 0 Å². The summed E-state index contributed by atoms with van der Waals surface area (Å²) in [5, 5.41) is 9.27. The first-order chi connectivity index (χ1) is 11.8. The van der Waals surface area contributed by atoms with Crippen LogP contribution in [0.1, 0.15) is 57.4 Å². The van der Waals surface area contributed by atoms with Gasteiger partial charge in [0.05, 0.1) is 11.5 Å². The van der Waals surface area contributed by atoms with Crippen LogP contribution in [0.5, 0.6) is 0 Å². The standard InChI is InChI=1S/C21H29NO2S/c1-15-7-9-17(10-8-15)5-4-6-18(24)20-13-16(2)19(25-20)11-12-21(3,22)14-23/h7-10,13,23H,4-6,11-12,14,22H2,1-3H3/t21-/m1/s1. The summed E-state index contributed by atoms with van der Waals surface area (Å²) in [5.41, 5.74) is 9.14. The van der Waals surface area contributed by atoms with Gasteiger partial charge in [0.25, 0.3) is 0 Å². The van der Waals surface area contributed by atoms with Crippen LogP contribution in [-0.4, -0.2) is 23.0 Å². The second kappa shape index (κ2) is 8.75. The highest BCUT2D eigenvalue weighted by Crippen LogP contribution is 2.26. The Bertz CT molecular complexity index is 701. The normalized spacial score (nSPS) is 13.6. The van der Waals surface area contributed by atoms with E-state index in [0.717, 1.165) is 29.7 Å². The molecule has 25 heavy (non-hydrogen) atoms. The molecule has 0 fully saturated rings. The lowest BCUT2D eigenvalue weighted by Gasteiger charge is -2.21. The lowest BCUT2D eigenvalue weighted by molar-refractivity contribution is 0.0984. The summed E-state index contributed by atoms with van der Waals surface area (Å²) in [7, 11) is 0. The van der Waals surface area contributed by atoms with Gasteiger partial charge in [-0.15, -0.1) is 11.3 Å². The van der Waals surface area contributed by atoms with Gasteiger partial charge in [0.15, 0.2) is 5.78 Å². The maximum Gasteiger partial charge on any atom is 0.172 e. The van der Waals surface area contributed by atoms with E-state index in [1.807, 2.05) is 19.9 Å². The first-order valence-electron chi connectivity index (χ1n) is 8.88. The summed E-state index contributed by atoms with van der Waals surface area (Å²) >= 11 is 1.58. The van der Waals surface area contributed by atoms with Crippen molar-refractivity contribution in [3.8, 4) is 0 Å². The molecule has 1 atom stereocenters. The molecule has 3 N–H and O–H groups in total. The molecule has 0 radical (unpaired) electrons. The van der Waals surface area contributed by atoms with Gasteiger partial charge in [-0.05, 0) is 63.6 Å². The average Bonchev–Trinajstić information content (AvgIpc) is 2.96. The molecule has 0 aliphatic rings. The Hall–Kier alpha value is -1.49. The minimum Gasteiger partial charge on any atom is -0.394 e. The Morgan fingerprint density at radius 3 is 2.52 bits per heavy atom. The van der Waals surface area contributed by atoms with E-state index in [0.29, 0.717) is 12.8 Å². The number of benzene rings is 1. The first-order valence-corrected chi connectivity index (χ1v) is 9.70. The molecule has 136 valence electrons. The first kappa shape index (κ1) is 19.8. The fraction of sp³-hybridized carbons (Fsp3) is 0.476. The molecule has 4 heteroatoms. The highest BCUT2D eigenvalue weighted by Gasteiger charge is 2.19. The average molecular weight is 360 g/mol. The number of aryl methyl sites for hydroxylation is 4. The number of carbonyl (C=O) groups is 1. The minimum atomic E-state index is -0.561. The third-order valence-corrected chi connectivity index (χ3v) is 5.91. The molecule has 1 heterocycles. The van der Waals surface area contributed by atoms with Gasteiger partial charge in [-0.1, -0.05) is 29.8 Å². The SMILES string of the molecule is Cc1ccc(CCCC(=O)c2cc(C)c(CC[C@@](C)(N)CO)s2)cc1. The number of Topliss-reactive ketones (excluding diaryl/α,β-unsaturated/α-hetero) is 1. The van der Waals surface area contributed by atoms with Gasteiger partial charge in [0, 0.05) is 16.8 Å². The second-order valence-corrected chi connectivity index (χ2v) is 8.43. The summed E-state index contributed by atoms with van der Waals surface area (Å²) in [4.78, 5) is 14.5. The summed E-state index contributed by atoms with van der Waals surface area (Å²) in [6, 6.07) is 10.5. The Labute approximate surface area is 154 Å². The molecule has 0 bridgehead atoms. The molecule has 0 unspecified atom stereocenters. The second-order valence-electron chi connectivity index (χ2n) is 7.29. The van der Waals surface area contributed by atoms with Crippen molar-refractivity contribution in [2.45, 2.75) is 58.4 Å². The third-order valence-electron chi connectivity index (χ3n) is 4.57. The minimum absolute atomic E-state index is 0.0256. The molecule has 1 aromatic carbocycles. The van der Waals surface area contributed by atoms with Crippen LogP contribution >= 0.6 is 11.3 Å². The smallest absolute Gasteiger partial charge is 0.172 e. The van der Waals surface area contributed by atoms with Crippen molar-refractivity contribution < 1.29 is 9.90 Å². The van der Waals surface area contributed by atoms with Crippen LogP contribution < -0.4 is 5.73 Å². The molecule has 0 amide bonds. The Morgan fingerprint density at radius 2 is 1.88 bits per heavy atom. The van der Waals surface area contributed by atoms with Crippen molar-refractivity contribution in [2.75, 3.05) is 6.61 Å². The van der Waals surface area contributed by atoms with Crippen LogP contribution in [0.4, 0.5) is 0 Å². The third kappa shape index (κ3) is 6.07. The molecular weight excluding hydrogens is 330 g/mol. The van der Waals surface area contributed by atoms with E-state index in [-0.39, 0.29) is 12.4 Å². The van der Waals surface area contributed by atoms with Gasteiger partial charge >= 0.3 is 0 Å². The van der Waals surface area contributed by atoms with E-state index in [4.69, 9.17) is 5.73 Å². The number of carbonyl (C=O) groups excluding carboxylic acids is 1. The van der Waals surface area contributed by atoms with Crippen molar-refractivity contribution in [3.05, 3.63) is 56.8 Å². The van der Waals surface area contributed by atoms with Crippen molar-refractivity contribution >= 4 is 17.1 Å². The molecule has 0 spiro atoms. The Kier molecular flexibility index (Phi) is 6.94. The van der Waals surface area contributed by atoms with E-state index >= 15 is 0 Å². The highest BCUT2D eigenvalue weighted by molar-refractivity contribution is 7.14. The summed E-state index contributed by atoms with van der Waals surface area (Å²) in [6.07, 6.45) is 3.91. The summed E-state index contributed by atoms with van der Waals surface area (Å²) < 4.78 is 0. The number of nitrogens with two attached hydrogens (primary N) is 1. The zero-order valence-corrected chi connectivity index (χ0v) is 16.3. The summed E-state index contributed by atoms with van der Waals surface area (Å²) in [6.45, 7) is 5.95. The Morgan fingerprint density at radius 1 is 1.20 bits per heavy atom. The van der Waals surface area contributed by atoms with Crippen LogP contribution in [0, 0.1) is 13.8 Å². The van der Waals surface area contributed by atoms with Crippen LogP contribution in [0.2, 0.25) is 0 Å². The maximum atomic E-state index is 12.5. The topological polar surface area (TPSA) is 63.3 Å². The monoisotopic (exact) mass is 359 g/mol. The fourth-order valence-corrected chi connectivity index (χ4v) is 3.86. The van der Waals surface area contributed by atoms with Crippen molar-refractivity contribution in [3.63, 3.8) is 0 Å². The number of rotatable bonds is 9. The van der Waals surface area contributed by atoms with Crippen molar-refractivity contribution in [1.82, 2.24) is 0 Å². The largest absolute Gasteiger partial charge is 0.394 e. The number of thiophene rings is 1. The van der Waals surface area contributed by atoms with Gasteiger partial charge in [-0.25, -0.2) is 0 Å². The predicted octanol–water partition coefficient (Wildman–Crippen LogP) is 4.21. The number of hydrogen-bond donors (Lipinski definition) is 2. The maximum absolute atomic E-state index is 12.5. The van der Waals surface area contributed by atoms with Crippen molar-refractivity contribution in [2.24, 2.45) is 5.73 Å². The molecule has 0 aliphatic carbocycles. The molecule has 0 saturated heterocycles. The van der Waals surface area contributed by atoms with E-state index in [1.54, 1.807) is 11.3 Å². The number of ketones is 1. The predicted molar refractivity (Wildman–Crippen MR) is 106 cm³/mol. The molecule has 2 aromatic rings. The van der Waals surface area contributed by atoms with Gasteiger partial charge in [-0.3, -0.25) is 4.79 Å². The Balaban J connectivity index is 1.87. The van der Waals surface area contributed by atoms with E-state index < -0.39 is 5.54 Å². The van der Waals surface area contributed by atoms with Gasteiger partial charge < -0.3 is 10.8 Å². The zero-order chi connectivity index (χ0) is 18.4. The van der Waals surface area contributed by atoms with Crippen LogP contribution in [0.25, 0.3) is 0 Å². The fourth-order valence-electron chi connectivity index (χ4n) is 2.71. The van der Waals surface area contributed by atoms with Crippen molar-refractivity contribution in [1.29, 1.82) is 0 Å². The van der Waals surface area contributed by atoms with Crippen LogP contribution in [-0.2, 0) is 12.8 Å².